The van der Waals surface area contributed by atoms with E-state index in [1.54, 1.807) is 18.2 Å². The molecule has 0 aliphatic rings. The quantitative estimate of drug-likeness (QED) is 0.356. The minimum Gasteiger partial charge on any atom is -0.423 e. The minimum atomic E-state index is -0.599. The van der Waals surface area contributed by atoms with E-state index in [2.05, 4.69) is 0 Å². The zero-order chi connectivity index (χ0) is 12.3. The number of benzene rings is 1. The van der Waals surface area contributed by atoms with E-state index in [1.807, 2.05) is 0 Å². The molecule has 0 N–H and O–H groups in total. The minimum absolute atomic E-state index is 0.284. The van der Waals surface area contributed by atoms with Crippen LogP contribution in [0.3, 0.4) is 0 Å². The number of hydrogen-bond donors (Lipinski definition) is 0. The number of ether oxygens (including phenoxy) is 1. The molecule has 0 amide bonds. The Kier molecular flexibility index (Phi) is 3.25. The van der Waals surface area contributed by atoms with Crippen LogP contribution in [0, 0.1) is 0 Å². The van der Waals surface area contributed by atoms with Crippen molar-refractivity contribution in [3.63, 3.8) is 0 Å². The highest BCUT2D eigenvalue weighted by Gasteiger charge is 2.03. The van der Waals surface area contributed by atoms with Gasteiger partial charge < -0.3 is 9.15 Å². The van der Waals surface area contributed by atoms with Crippen LogP contribution in [0.5, 0.6) is 5.75 Å². The molecule has 0 atom stereocenters. The molecule has 0 spiro atoms. The normalized spacial score (nSPS) is 10.9. The van der Waals surface area contributed by atoms with Crippen molar-refractivity contribution in [1.82, 2.24) is 0 Å². The van der Waals surface area contributed by atoms with Gasteiger partial charge in [-0.2, -0.15) is 0 Å². The molecular weight excluding hydrogens is 244 g/mol. The summed E-state index contributed by atoms with van der Waals surface area (Å²) in [5.74, 6) is -0.316. The highest BCUT2D eigenvalue weighted by atomic mass is 35.5. The monoisotopic (exact) mass is 250 g/mol. The molecule has 1 aromatic heterocycles. The molecule has 0 aliphatic carbocycles. The van der Waals surface area contributed by atoms with E-state index in [4.69, 9.17) is 20.8 Å². The predicted molar refractivity (Wildman–Crippen MR) is 63.1 cm³/mol. The Morgan fingerprint density at radius 3 is 2.82 bits per heavy atom. The molecule has 86 valence electrons. The van der Waals surface area contributed by atoms with Crippen molar-refractivity contribution in [1.29, 1.82) is 0 Å². The van der Waals surface area contributed by atoms with Crippen molar-refractivity contribution in [2.45, 2.75) is 0 Å². The van der Waals surface area contributed by atoms with Gasteiger partial charge >= 0.3 is 11.6 Å². The molecule has 2 aromatic rings. The summed E-state index contributed by atoms with van der Waals surface area (Å²) in [4.78, 5) is 22.1. The van der Waals surface area contributed by atoms with Crippen molar-refractivity contribution in [2.24, 2.45) is 0 Å². The van der Waals surface area contributed by atoms with Crippen LogP contribution in [0.4, 0.5) is 0 Å². The first kappa shape index (κ1) is 11.4. The summed E-state index contributed by atoms with van der Waals surface area (Å²) >= 11 is 5.24. The second-order valence-corrected chi connectivity index (χ2v) is 3.42. The van der Waals surface area contributed by atoms with E-state index in [1.165, 1.54) is 12.1 Å². The van der Waals surface area contributed by atoms with Crippen molar-refractivity contribution in [2.75, 3.05) is 0 Å². The summed E-state index contributed by atoms with van der Waals surface area (Å²) in [5.41, 5.74) is 0.961. The Morgan fingerprint density at radius 2 is 2.06 bits per heavy atom. The number of hydrogen-bond acceptors (Lipinski definition) is 4. The van der Waals surface area contributed by atoms with Gasteiger partial charge in [0.1, 0.15) is 11.3 Å². The largest absolute Gasteiger partial charge is 0.423 e. The van der Waals surface area contributed by atoms with Gasteiger partial charge in [-0.3, -0.25) is 0 Å². The predicted octanol–water partition coefficient (Wildman–Crippen LogP) is 2.45. The molecule has 0 fully saturated rings. The van der Waals surface area contributed by atoms with Crippen molar-refractivity contribution in [3.8, 4) is 5.75 Å². The number of rotatable bonds is 2. The standard InChI is InChI=1S/C12H7ClO4/c13-6-5-12(15)16-9-3-1-8-2-4-11(14)17-10(8)7-9/h1-7H. The van der Waals surface area contributed by atoms with Crippen molar-refractivity contribution in [3.05, 3.63) is 52.4 Å². The highest BCUT2D eigenvalue weighted by molar-refractivity contribution is 6.26. The maximum Gasteiger partial charge on any atom is 0.337 e. The summed E-state index contributed by atoms with van der Waals surface area (Å²) in [6, 6.07) is 7.71. The number of esters is 1. The number of halogens is 1. The van der Waals surface area contributed by atoms with Gasteiger partial charge in [-0.25, -0.2) is 9.59 Å². The van der Waals surface area contributed by atoms with Crippen LogP contribution in [0.1, 0.15) is 0 Å². The number of fused-ring (bicyclic) bond motifs is 1. The maximum absolute atomic E-state index is 11.1. The van der Waals surface area contributed by atoms with E-state index >= 15 is 0 Å². The second-order valence-electron chi connectivity index (χ2n) is 3.17. The molecule has 5 heteroatoms. The Balaban J connectivity index is 2.37. The van der Waals surface area contributed by atoms with E-state index in [0.717, 1.165) is 17.0 Å². The zero-order valence-corrected chi connectivity index (χ0v) is 9.31. The molecule has 0 saturated carbocycles. The molecule has 0 bridgehead atoms. The fourth-order valence-electron chi connectivity index (χ4n) is 1.31. The lowest BCUT2D eigenvalue weighted by Crippen LogP contribution is -2.03. The summed E-state index contributed by atoms with van der Waals surface area (Å²) in [6.07, 6.45) is 1.08. The first-order valence-electron chi connectivity index (χ1n) is 4.71. The lowest BCUT2D eigenvalue weighted by Gasteiger charge is -2.01. The average Bonchev–Trinajstić information content (AvgIpc) is 2.28. The Bertz CT molecular complexity index is 642. The van der Waals surface area contributed by atoms with Gasteiger partial charge in [0.25, 0.3) is 0 Å². The molecule has 0 radical (unpaired) electrons. The zero-order valence-electron chi connectivity index (χ0n) is 8.55. The first-order valence-corrected chi connectivity index (χ1v) is 5.15. The highest BCUT2D eigenvalue weighted by Crippen LogP contribution is 2.19. The number of carbonyl (C=O) groups is 1. The Morgan fingerprint density at radius 1 is 1.29 bits per heavy atom. The summed E-state index contributed by atoms with van der Waals surface area (Å²) in [7, 11) is 0. The van der Waals surface area contributed by atoms with Gasteiger partial charge in [-0.15, -0.1) is 0 Å². The summed E-state index contributed by atoms with van der Waals surface area (Å²) in [6.45, 7) is 0. The maximum atomic E-state index is 11.1. The Labute approximate surface area is 101 Å². The van der Waals surface area contributed by atoms with E-state index in [-0.39, 0.29) is 5.75 Å². The summed E-state index contributed by atoms with van der Waals surface area (Å²) < 4.78 is 9.88. The topological polar surface area (TPSA) is 56.5 Å². The van der Waals surface area contributed by atoms with Crippen LogP contribution < -0.4 is 10.4 Å². The van der Waals surface area contributed by atoms with Crippen LogP contribution in [-0.2, 0) is 4.79 Å². The van der Waals surface area contributed by atoms with Crippen LogP contribution in [0.25, 0.3) is 11.0 Å². The third kappa shape index (κ3) is 2.73. The van der Waals surface area contributed by atoms with Crippen molar-refractivity contribution < 1.29 is 13.9 Å². The fourth-order valence-corrected chi connectivity index (χ4v) is 1.41. The lowest BCUT2D eigenvalue weighted by atomic mass is 10.2. The fraction of sp³-hybridized carbons (Fsp3) is 0. The van der Waals surface area contributed by atoms with Gasteiger partial charge in [0.2, 0.25) is 0 Å². The first-order chi connectivity index (χ1) is 8.19. The average molecular weight is 251 g/mol. The lowest BCUT2D eigenvalue weighted by molar-refractivity contribution is -0.128. The molecule has 0 aliphatic heterocycles. The van der Waals surface area contributed by atoms with Crippen LogP contribution in [-0.4, -0.2) is 5.97 Å². The smallest absolute Gasteiger partial charge is 0.337 e. The third-order valence-electron chi connectivity index (χ3n) is 2.01. The summed E-state index contributed by atoms with van der Waals surface area (Å²) in [5, 5.41) is 0.747. The third-order valence-corrected chi connectivity index (χ3v) is 2.14. The Hall–Kier alpha value is -2.07. The molecule has 4 nitrogen and oxygen atoms in total. The number of carbonyl (C=O) groups excluding carboxylic acids is 1. The molecule has 1 aromatic carbocycles. The van der Waals surface area contributed by atoms with Crippen molar-refractivity contribution >= 4 is 28.5 Å². The van der Waals surface area contributed by atoms with Gasteiger partial charge in [-0.05, 0) is 18.2 Å². The molecule has 2 rings (SSSR count). The second kappa shape index (κ2) is 4.84. The van der Waals surface area contributed by atoms with Gasteiger partial charge in [0, 0.05) is 29.1 Å². The van der Waals surface area contributed by atoms with E-state index in [9.17, 15) is 9.59 Å². The van der Waals surface area contributed by atoms with Gasteiger partial charge in [0.05, 0.1) is 0 Å². The molecular formula is C12H7ClO4. The molecule has 17 heavy (non-hydrogen) atoms. The van der Waals surface area contributed by atoms with Crippen LogP contribution in [0.2, 0.25) is 0 Å². The van der Waals surface area contributed by atoms with Crippen LogP contribution >= 0.6 is 11.6 Å². The van der Waals surface area contributed by atoms with Gasteiger partial charge in [-0.1, -0.05) is 11.6 Å². The van der Waals surface area contributed by atoms with Gasteiger partial charge in [0.15, 0.2) is 0 Å². The molecule has 0 unspecified atom stereocenters. The van der Waals surface area contributed by atoms with Crippen LogP contribution in [0.15, 0.2) is 51.2 Å². The van der Waals surface area contributed by atoms with E-state index < -0.39 is 11.6 Å². The van der Waals surface area contributed by atoms with E-state index in [0.29, 0.717) is 5.58 Å². The SMILES string of the molecule is O=C(C=CCl)Oc1ccc2ccc(=O)oc2c1. The molecule has 0 saturated heterocycles. The molecule has 1 heterocycles.